The van der Waals surface area contributed by atoms with Gasteiger partial charge in [0.05, 0.1) is 60.0 Å². The van der Waals surface area contributed by atoms with Crippen molar-refractivity contribution in [2.24, 2.45) is 0 Å². The molecule has 0 aromatic heterocycles. The largest absolute Gasteiger partial charge is 0.369 e. The minimum Gasteiger partial charge on any atom is -0.369 e. The Bertz CT molecular complexity index is 1300. The van der Waals surface area contributed by atoms with Gasteiger partial charge in [-0.2, -0.15) is 0 Å². The molecule has 10 fully saturated rings. The van der Waals surface area contributed by atoms with Crippen LogP contribution in [0.4, 0.5) is 0 Å². The quantitative estimate of drug-likeness (QED) is 0.299. The Labute approximate surface area is 292 Å². The maximum Gasteiger partial charge on any atom is 0.223 e. The van der Waals surface area contributed by atoms with Crippen molar-refractivity contribution in [3.63, 3.8) is 0 Å². The summed E-state index contributed by atoms with van der Waals surface area (Å²) in [5.74, 6) is -0.689. The van der Waals surface area contributed by atoms with Gasteiger partial charge in [0.2, 0.25) is 12.6 Å². The van der Waals surface area contributed by atoms with Crippen LogP contribution in [0.15, 0.2) is 0 Å². The Balaban J connectivity index is 0.000000133. The Morgan fingerprint density at radius 1 is 0.592 bits per heavy atom. The average Bonchev–Trinajstić information content (AvgIpc) is 3.82. The summed E-state index contributed by atoms with van der Waals surface area (Å²) in [7, 11) is 0. The van der Waals surface area contributed by atoms with Crippen LogP contribution in [-0.4, -0.2) is 96.4 Å². The van der Waals surface area contributed by atoms with Gasteiger partial charge in [0, 0.05) is 71.1 Å². The van der Waals surface area contributed by atoms with Crippen LogP contribution >= 0.6 is 0 Å². The van der Waals surface area contributed by atoms with Crippen LogP contribution in [0.2, 0.25) is 0 Å². The van der Waals surface area contributed by atoms with Gasteiger partial charge in [-0.25, -0.2) is 13.1 Å². The molecule has 0 aromatic carbocycles. The van der Waals surface area contributed by atoms with Gasteiger partial charge in [-0.3, -0.25) is 0 Å². The van der Waals surface area contributed by atoms with Crippen molar-refractivity contribution in [3.05, 3.63) is 22.8 Å². The molecule has 4 saturated carbocycles. The molecule has 4 unspecified atom stereocenters. The highest BCUT2D eigenvalue weighted by Gasteiger charge is 2.67. The fourth-order valence-corrected chi connectivity index (χ4v) is 11.7. The first kappa shape index (κ1) is 33.5. The fraction of sp³-hybridized carbons (Fsp3) is 0.949. The van der Waals surface area contributed by atoms with Gasteiger partial charge in [0.1, 0.15) is 12.2 Å². The molecule has 13 atom stereocenters. The molecule has 6 aliphatic heterocycles. The summed E-state index contributed by atoms with van der Waals surface area (Å²) in [4.78, 5) is 7.15. The Hall–Kier alpha value is -1.34. The standard InChI is InChI=1S/C20H29NO4.C19H27NO4/c1-13(21-2)10-14-6-7-17-19(23-14)11-15(22-17)18-16(12-19)24-20(25-18)8-4-3-5-9-20;1-20-10-7-13-5-6-16-18(22-13)11-14(21-16)17-15(12-18)23-19(24-17)8-3-2-4-9-19/h13-18H,3-12H2,1H3;13-17H,2-12H2/t13-,14-,15-,16-,17+,18?,19?;13-,14-,15-,16+,17?,18?/m11/s1. The predicted molar refractivity (Wildman–Crippen MR) is 177 cm³/mol. The zero-order valence-electron chi connectivity index (χ0n) is 29.4. The lowest BCUT2D eigenvalue weighted by Gasteiger charge is -2.44. The second-order valence-electron chi connectivity index (χ2n) is 17.2. The zero-order chi connectivity index (χ0) is 33.3. The minimum atomic E-state index is -0.347. The van der Waals surface area contributed by atoms with Crippen LogP contribution in [0.5, 0.6) is 0 Å². The predicted octanol–water partition coefficient (Wildman–Crippen LogP) is 6.83. The highest BCUT2D eigenvalue weighted by atomic mass is 16.8. The molecule has 0 amide bonds. The van der Waals surface area contributed by atoms with Crippen LogP contribution in [0, 0.1) is 13.1 Å². The van der Waals surface area contributed by atoms with Crippen LogP contribution in [0.3, 0.4) is 0 Å². The van der Waals surface area contributed by atoms with E-state index >= 15 is 0 Å². The maximum atomic E-state index is 7.23. The van der Waals surface area contributed by atoms with Crippen molar-refractivity contribution < 1.29 is 37.9 Å². The Kier molecular flexibility index (Phi) is 8.85. The minimum absolute atomic E-state index is 0.0315. The fourth-order valence-electron chi connectivity index (χ4n) is 11.7. The highest BCUT2D eigenvalue weighted by Crippen LogP contribution is 2.57. The first-order chi connectivity index (χ1) is 23.8. The van der Waals surface area contributed by atoms with Crippen molar-refractivity contribution in [2.75, 3.05) is 6.54 Å². The van der Waals surface area contributed by atoms with E-state index in [1.54, 1.807) is 0 Å². The van der Waals surface area contributed by atoms with Crippen molar-refractivity contribution in [2.45, 2.75) is 225 Å². The first-order valence-electron chi connectivity index (χ1n) is 19.9. The molecule has 4 spiro atoms. The van der Waals surface area contributed by atoms with E-state index in [1.165, 1.54) is 38.5 Å². The average molecular weight is 681 g/mol. The van der Waals surface area contributed by atoms with E-state index < -0.39 is 0 Å². The lowest BCUT2D eigenvalue weighted by molar-refractivity contribution is -0.216. The first-order valence-corrected chi connectivity index (χ1v) is 19.9. The summed E-state index contributed by atoms with van der Waals surface area (Å²) >= 11 is 0. The van der Waals surface area contributed by atoms with Crippen molar-refractivity contribution >= 4 is 0 Å². The summed E-state index contributed by atoms with van der Waals surface area (Å²) in [5, 5.41) is 0. The molecule has 4 aliphatic carbocycles. The number of nitrogens with zero attached hydrogens (tertiary/aromatic N) is 2. The third kappa shape index (κ3) is 5.99. The van der Waals surface area contributed by atoms with E-state index in [0.29, 0.717) is 6.54 Å². The van der Waals surface area contributed by atoms with Crippen LogP contribution < -0.4 is 0 Å². The molecule has 0 radical (unpaired) electrons. The van der Waals surface area contributed by atoms with Crippen LogP contribution in [0.25, 0.3) is 9.69 Å². The normalized spacial score (nSPS) is 48.6. The molecule has 0 aromatic rings. The monoisotopic (exact) mass is 680 g/mol. The van der Waals surface area contributed by atoms with Gasteiger partial charge in [-0.05, 0) is 51.4 Å². The summed E-state index contributed by atoms with van der Waals surface area (Å²) in [6, 6.07) is 0.0315. The van der Waals surface area contributed by atoms with Gasteiger partial charge in [0.15, 0.2) is 11.6 Å². The third-order valence-electron chi connectivity index (χ3n) is 13.9. The molecule has 270 valence electrons. The van der Waals surface area contributed by atoms with Gasteiger partial charge >= 0.3 is 0 Å². The molecular formula is C39H56N2O8. The van der Waals surface area contributed by atoms with Crippen molar-refractivity contribution in [1.29, 1.82) is 0 Å². The Morgan fingerprint density at radius 3 is 1.59 bits per heavy atom. The SMILES string of the molecule is [C-]#[N+]CC[C@H]1CC[C@@H]2O[C@@H]3CC2(C[C@H]2OC4(CCCCC4)OC32)O1.[C-]#[N+][C@H](C)C[C@H]1CC[C@@H]2O[C@@H]3CC2(C[C@H]2OC4(CCCCC4)OC32)O1. The van der Waals surface area contributed by atoms with Gasteiger partial charge in [0.25, 0.3) is 0 Å². The maximum absolute atomic E-state index is 7.23. The molecule has 10 nitrogen and oxygen atoms in total. The molecule has 49 heavy (non-hydrogen) atoms. The summed E-state index contributed by atoms with van der Waals surface area (Å²) in [6.45, 7) is 16.8. The molecule has 6 saturated heterocycles. The molecule has 10 aliphatic rings. The summed E-state index contributed by atoms with van der Waals surface area (Å²) in [6.07, 6.45) is 22.3. The van der Waals surface area contributed by atoms with E-state index in [4.69, 9.17) is 51.0 Å². The van der Waals surface area contributed by atoms with E-state index in [0.717, 1.165) is 89.9 Å². The number of hydrogen-bond acceptors (Lipinski definition) is 8. The lowest BCUT2D eigenvalue weighted by atomic mass is 9.76. The van der Waals surface area contributed by atoms with Gasteiger partial charge < -0.3 is 47.6 Å². The van der Waals surface area contributed by atoms with E-state index in [9.17, 15) is 0 Å². The zero-order valence-corrected chi connectivity index (χ0v) is 29.4. The molecule has 6 heterocycles. The molecule has 10 rings (SSSR count). The molecular weight excluding hydrogens is 624 g/mol. The van der Waals surface area contributed by atoms with Crippen molar-refractivity contribution in [3.8, 4) is 0 Å². The second kappa shape index (κ2) is 13.0. The van der Waals surface area contributed by atoms with Crippen molar-refractivity contribution in [1.82, 2.24) is 0 Å². The Morgan fingerprint density at radius 2 is 1.08 bits per heavy atom. The topological polar surface area (TPSA) is 82.6 Å². The lowest BCUT2D eigenvalue weighted by Crippen LogP contribution is -2.53. The van der Waals surface area contributed by atoms with Crippen LogP contribution in [-0.2, 0) is 37.9 Å². The van der Waals surface area contributed by atoms with E-state index in [2.05, 4.69) is 9.69 Å². The van der Waals surface area contributed by atoms with E-state index in [1.807, 2.05) is 6.92 Å². The molecule has 10 heteroatoms. The van der Waals surface area contributed by atoms with Gasteiger partial charge in [-0.1, -0.05) is 12.8 Å². The molecule has 4 bridgehead atoms. The third-order valence-corrected chi connectivity index (χ3v) is 13.9. The smallest absolute Gasteiger partial charge is 0.223 e. The number of fused-ring (bicyclic) bond motifs is 6. The number of hydrogen-bond donors (Lipinski definition) is 0. The highest BCUT2D eigenvalue weighted by molar-refractivity contribution is 5.14. The van der Waals surface area contributed by atoms with E-state index in [-0.39, 0.29) is 89.9 Å². The summed E-state index contributed by atoms with van der Waals surface area (Å²) in [5.41, 5.74) is -0.402. The number of rotatable bonds is 4. The number of ether oxygens (including phenoxy) is 8. The summed E-state index contributed by atoms with van der Waals surface area (Å²) < 4.78 is 52.0. The second-order valence-corrected chi connectivity index (χ2v) is 17.2. The molecule has 0 N–H and O–H groups in total. The van der Waals surface area contributed by atoms with Gasteiger partial charge in [-0.15, -0.1) is 0 Å². The van der Waals surface area contributed by atoms with Crippen LogP contribution in [0.1, 0.15) is 135 Å².